The summed E-state index contributed by atoms with van der Waals surface area (Å²) in [7, 11) is 4.52. The van der Waals surface area contributed by atoms with E-state index in [1.807, 2.05) is 31.2 Å². The van der Waals surface area contributed by atoms with Crippen molar-refractivity contribution in [3.8, 4) is 5.75 Å². The second-order valence-electron chi connectivity index (χ2n) is 6.61. The molecule has 0 unspecified atom stereocenters. The molecule has 1 aromatic carbocycles. The summed E-state index contributed by atoms with van der Waals surface area (Å²) < 4.78 is 5.45. The minimum atomic E-state index is 0.308. The maximum atomic E-state index is 5.46. The Kier molecular flexibility index (Phi) is 6.66. The quantitative estimate of drug-likeness (QED) is 0.697. The fourth-order valence-corrected chi connectivity index (χ4v) is 3.50. The van der Waals surface area contributed by atoms with Crippen molar-refractivity contribution in [1.29, 1.82) is 0 Å². The summed E-state index contributed by atoms with van der Waals surface area (Å²) in [6.07, 6.45) is 6.56. The fraction of sp³-hybridized carbons (Fsp3) is 0.611. The molecule has 2 rings (SSSR count). The molecule has 0 bridgehead atoms. The topological polar surface area (TPSA) is 37.7 Å². The lowest BCUT2D eigenvalue weighted by molar-refractivity contribution is -0.916. The zero-order valence-corrected chi connectivity index (χ0v) is 15.4. The smallest absolute Gasteiger partial charge is 0.171 e. The highest BCUT2D eigenvalue weighted by atomic mass is 32.1. The Bertz CT molecular complexity index is 495. The number of hydrogen-bond donors (Lipinski definition) is 3. The second kappa shape index (κ2) is 8.50. The highest BCUT2D eigenvalue weighted by Gasteiger charge is 2.37. The molecule has 0 heterocycles. The largest absolute Gasteiger partial charge is 0.494 e. The third-order valence-corrected chi connectivity index (χ3v) is 5.13. The lowest BCUT2D eigenvalue weighted by atomic mass is 9.80. The number of likely N-dealkylation sites (N-methyl/N-ethyl adjacent to an activating group) is 1. The molecule has 0 atom stereocenters. The van der Waals surface area contributed by atoms with Gasteiger partial charge in [0.2, 0.25) is 0 Å². The van der Waals surface area contributed by atoms with E-state index in [0.717, 1.165) is 18.0 Å². The van der Waals surface area contributed by atoms with E-state index in [1.165, 1.54) is 37.0 Å². The van der Waals surface area contributed by atoms with Crippen LogP contribution in [0.25, 0.3) is 0 Å². The van der Waals surface area contributed by atoms with E-state index >= 15 is 0 Å². The van der Waals surface area contributed by atoms with Crippen molar-refractivity contribution in [2.75, 3.05) is 32.6 Å². The van der Waals surface area contributed by atoms with E-state index in [2.05, 4.69) is 24.7 Å². The first-order valence-corrected chi connectivity index (χ1v) is 9.05. The number of benzene rings is 1. The van der Waals surface area contributed by atoms with Crippen LogP contribution >= 0.6 is 12.2 Å². The van der Waals surface area contributed by atoms with Gasteiger partial charge in [0.1, 0.15) is 11.3 Å². The number of hydrogen-bond acceptors (Lipinski definition) is 2. The highest BCUT2D eigenvalue weighted by molar-refractivity contribution is 7.80. The molecule has 0 amide bonds. The third-order valence-electron chi connectivity index (χ3n) is 4.88. The van der Waals surface area contributed by atoms with Crippen LogP contribution in [0.5, 0.6) is 5.75 Å². The van der Waals surface area contributed by atoms with Crippen LogP contribution in [0.15, 0.2) is 24.3 Å². The average Bonchev–Trinajstić information content (AvgIpc) is 2.56. The van der Waals surface area contributed by atoms with Crippen molar-refractivity contribution in [3.05, 3.63) is 24.3 Å². The molecule has 0 aliphatic heterocycles. The van der Waals surface area contributed by atoms with E-state index in [1.54, 1.807) is 0 Å². The van der Waals surface area contributed by atoms with Gasteiger partial charge >= 0.3 is 0 Å². The van der Waals surface area contributed by atoms with Crippen LogP contribution in [0.1, 0.15) is 39.0 Å². The van der Waals surface area contributed by atoms with E-state index in [0.29, 0.717) is 17.3 Å². The molecule has 0 spiro atoms. The Morgan fingerprint density at radius 2 is 1.83 bits per heavy atom. The maximum Gasteiger partial charge on any atom is 0.171 e. The molecule has 5 heteroatoms. The zero-order valence-electron chi connectivity index (χ0n) is 14.6. The van der Waals surface area contributed by atoms with Crippen LogP contribution in [0.2, 0.25) is 0 Å². The molecular weight excluding hydrogens is 306 g/mol. The number of quaternary nitrogens is 1. The first kappa shape index (κ1) is 18.0. The molecule has 0 aromatic heterocycles. The van der Waals surface area contributed by atoms with Crippen LogP contribution in [0.3, 0.4) is 0 Å². The molecule has 0 saturated heterocycles. The van der Waals surface area contributed by atoms with Gasteiger partial charge in [0, 0.05) is 18.5 Å². The van der Waals surface area contributed by atoms with E-state index in [-0.39, 0.29) is 0 Å². The van der Waals surface area contributed by atoms with E-state index in [4.69, 9.17) is 17.0 Å². The molecular formula is C18H30N3OS+. The van der Waals surface area contributed by atoms with Crippen molar-refractivity contribution < 1.29 is 9.64 Å². The lowest BCUT2D eigenvalue weighted by Crippen LogP contribution is -3.16. The SMILES string of the molecule is CCOc1ccc(NC(=S)NCC2([NH+](C)C)CCCCC2)cc1. The standard InChI is InChI=1S/C18H29N3OS/c1-4-22-16-10-8-15(9-11-16)20-17(23)19-14-18(21(2)3)12-6-5-7-13-18/h8-11H,4-7,12-14H2,1-3H3,(H2,19,20,23)/p+1. The second-order valence-corrected chi connectivity index (χ2v) is 7.01. The molecule has 3 N–H and O–H groups in total. The number of nitrogens with one attached hydrogen (secondary N) is 3. The highest BCUT2D eigenvalue weighted by Crippen LogP contribution is 2.25. The van der Waals surface area contributed by atoms with Gasteiger partial charge in [0.15, 0.2) is 5.11 Å². The van der Waals surface area contributed by atoms with E-state index < -0.39 is 0 Å². The molecule has 23 heavy (non-hydrogen) atoms. The van der Waals surface area contributed by atoms with Crippen molar-refractivity contribution in [2.24, 2.45) is 0 Å². The number of ether oxygens (including phenoxy) is 1. The van der Waals surface area contributed by atoms with Crippen molar-refractivity contribution >= 4 is 23.0 Å². The van der Waals surface area contributed by atoms with Crippen molar-refractivity contribution in [2.45, 2.75) is 44.6 Å². The summed E-state index contributed by atoms with van der Waals surface area (Å²) in [6.45, 7) is 3.60. The molecule has 1 saturated carbocycles. The number of thiocarbonyl (C=S) groups is 1. The number of anilines is 1. The molecule has 0 radical (unpaired) electrons. The molecule has 4 nitrogen and oxygen atoms in total. The van der Waals surface area contributed by atoms with Gasteiger partial charge in [0.25, 0.3) is 0 Å². The Balaban J connectivity index is 1.86. The Labute approximate surface area is 145 Å². The predicted octanol–water partition coefficient (Wildman–Crippen LogP) is 2.22. The summed E-state index contributed by atoms with van der Waals surface area (Å²) in [5.41, 5.74) is 1.30. The summed E-state index contributed by atoms with van der Waals surface area (Å²) >= 11 is 5.46. The van der Waals surface area contributed by atoms with Crippen LogP contribution in [-0.2, 0) is 0 Å². The predicted molar refractivity (Wildman–Crippen MR) is 100 cm³/mol. The first-order chi connectivity index (χ1) is 11.1. The minimum absolute atomic E-state index is 0.308. The summed E-state index contributed by atoms with van der Waals surface area (Å²) in [5, 5.41) is 7.39. The fourth-order valence-electron chi connectivity index (χ4n) is 3.31. The van der Waals surface area contributed by atoms with Crippen LogP contribution in [0.4, 0.5) is 5.69 Å². The third kappa shape index (κ3) is 5.08. The van der Waals surface area contributed by atoms with Gasteiger partial charge in [-0.25, -0.2) is 0 Å². The van der Waals surface area contributed by atoms with Gasteiger partial charge in [0.05, 0.1) is 27.2 Å². The monoisotopic (exact) mass is 336 g/mol. The summed E-state index contributed by atoms with van der Waals surface area (Å²) in [6, 6.07) is 7.90. The van der Waals surface area contributed by atoms with Gasteiger partial charge in [-0.2, -0.15) is 0 Å². The Morgan fingerprint density at radius 3 is 2.39 bits per heavy atom. The maximum absolute atomic E-state index is 5.46. The van der Waals surface area contributed by atoms with Crippen LogP contribution < -0.4 is 20.3 Å². The minimum Gasteiger partial charge on any atom is -0.494 e. The van der Waals surface area contributed by atoms with Gasteiger partial charge < -0.3 is 20.3 Å². The van der Waals surface area contributed by atoms with Gasteiger partial charge in [-0.3, -0.25) is 0 Å². The van der Waals surface area contributed by atoms with Crippen molar-refractivity contribution in [3.63, 3.8) is 0 Å². The van der Waals surface area contributed by atoms with E-state index in [9.17, 15) is 0 Å². The van der Waals surface area contributed by atoms with Crippen molar-refractivity contribution in [1.82, 2.24) is 5.32 Å². The average molecular weight is 337 g/mol. The Morgan fingerprint density at radius 1 is 1.17 bits per heavy atom. The zero-order chi connectivity index (χ0) is 16.7. The van der Waals surface area contributed by atoms with Gasteiger partial charge in [-0.15, -0.1) is 0 Å². The van der Waals surface area contributed by atoms with Crippen LogP contribution in [0, 0.1) is 0 Å². The molecule has 128 valence electrons. The van der Waals surface area contributed by atoms with Gasteiger partial charge in [-0.05, 0) is 56.2 Å². The lowest BCUT2D eigenvalue weighted by Gasteiger charge is -2.40. The summed E-state index contributed by atoms with van der Waals surface area (Å²) in [5.74, 6) is 0.884. The molecule has 1 fully saturated rings. The normalized spacial score (nSPS) is 16.9. The van der Waals surface area contributed by atoms with Crippen LogP contribution in [-0.4, -0.2) is 37.9 Å². The summed E-state index contributed by atoms with van der Waals surface area (Å²) in [4.78, 5) is 1.52. The first-order valence-electron chi connectivity index (χ1n) is 8.64. The molecule has 1 aliphatic rings. The Hall–Kier alpha value is -1.33. The molecule has 1 aromatic rings. The number of rotatable bonds is 6. The van der Waals surface area contributed by atoms with Gasteiger partial charge in [-0.1, -0.05) is 6.42 Å². The molecule has 1 aliphatic carbocycles.